The lowest BCUT2D eigenvalue weighted by Crippen LogP contribution is -2.46. The minimum absolute atomic E-state index is 0.723. The lowest BCUT2D eigenvalue weighted by molar-refractivity contribution is 0.0788. The maximum Gasteiger partial charge on any atom is 0.114 e. The number of rotatable bonds is 0. The van der Waals surface area contributed by atoms with Crippen LogP contribution in [0.15, 0.2) is 42.5 Å². The molecule has 3 aliphatic rings. The zero-order chi connectivity index (χ0) is 15.3. The average Bonchev–Trinajstić information content (AvgIpc) is 2.93. The summed E-state index contributed by atoms with van der Waals surface area (Å²) in [6, 6.07) is 8.38. The average molecular weight is 294 g/mol. The highest BCUT2D eigenvalue weighted by atomic mass is 16.3. The predicted molar refractivity (Wildman–Crippen MR) is 90.8 cm³/mol. The Hall–Kier alpha value is -1.84. The number of hydrogen-bond acceptors (Lipinski definition) is 2. The molecule has 0 spiro atoms. The minimum atomic E-state index is -0.911. The summed E-state index contributed by atoms with van der Waals surface area (Å²) in [4.78, 5) is 5.95. The molecular formula is C19H22N2O. The van der Waals surface area contributed by atoms with E-state index in [1.807, 2.05) is 13.0 Å². The van der Waals surface area contributed by atoms with Gasteiger partial charge >= 0.3 is 0 Å². The third kappa shape index (κ3) is 1.82. The van der Waals surface area contributed by atoms with Gasteiger partial charge in [0.25, 0.3) is 0 Å². The molecule has 1 aromatic carbocycles. The molecule has 0 saturated carbocycles. The van der Waals surface area contributed by atoms with Gasteiger partial charge in [-0.25, -0.2) is 0 Å². The van der Waals surface area contributed by atoms with Gasteiger partial charge in [0.05, 0.1) is 0 Å². The van der Waals surface area contributed by atoms with Gasteiger partial charge in [-0.3, -0.25) is 4.90 Å². The molecule has 114 valence electrons. The lowest BCUT2D eigenvalue weighted by Gasteiger charge is -2.40. The zero-order valence-corrected chi connectivity index (χ0v) is 13.0. The predicted octanol–water partition coefficient (Wildman–Crippen LogP) is 3.12. The van der Waals surface area contributed by atoms with Gasteiger partial charge in [-0.1, -0.05) is 30.9 Å². The number of hydrogen-bond donors (Lipinski definition) is 2. The van der Waals surface area contributed by atoms with E-state index in [0.29, 0.717) is 0 Å². The van der Waals surface area contributed by atoms with Crippen LogP contribution < -0.4 is 0 Å². The van der Waals surface area contributed by atoms with Crippen molar-refractivity contribution in [2.45, 2.75) is 25.4 Å². The van der Waals surface area contributed by atoms with Crippen molar-refractivity contribution in [3.63, 3.8) is 0 Å². The van der Waals surface area contributed by atoms with Crippen molar-refractivity contribution in [3.8, 4) is 0 Å². The number of nitrogens with one attached hydrogen (secondary N) is 1. The molecule has 3 aliphatic heterocycles. The molecule has 3 heteroatoms. The van der Waals surface area contributed by atoms with Crippen LogP contribution >= 0.6 is 0 Å². The van der Waals surface area contributed by atoms with Crippen molar-refractivity contribution in [1.29, 1.82) is 0 Å². The number of benzene rings is 1. The van der Waals surface area contributed by atoms with E-state index in [1.54, 1.807) is 0 Å². The molecule has 0 aliphatic carbocycles. The van der Waals surface area contributed by atoms with E-state index in [9.17, 15) is 5.11 Å². The van der Waals surface area contributed by atoms with Crippen molar-refractivity contribution in [2.75, 3.05) is 19.6 Å². The SMILES string of the molecule is C=C1c2[nH]c3ccccc3c2CCN2CCC1(O)C(=CC)C2. The quantitative estimate of drug-likeness (QED) is 0.733. The van der Waals surface area contributed by atoms with Gasteiger partial charge in [0.1, 0.15) is 5.60 Å². The van der Waals surface area contributed by atoms with Crippen molar-refractivity contribution in [2.24, 2.45) is 0 Å². The first kappa shape index (κ1) is 13.8. The number of piperidine rings is 1. The topological polar surface area (TPSA) is 39.3 Å². The second kappa shape index (κ2) is 4.83. The van der Waals surface area contributed by atoms with Crippen molar-refractivity contribution < 1.29 is 5.11 Å². The summed E-state index contributed by atoms with van der Waals surface area (Å²) in [5, 5.41) is 12.6. The van der Waals surface area contributed by atoms with E-state index in [4.69, 9.17) is 0 Å². The molecule has 2 unspecified atom stereocenters. The number of allylic oxidation sites excluding steroid dienone is 1. The maximum absolute atomic E-state index is 11.3. The second-order valence-electron chi connectivity index (χ2n) is 6.45. The van der Waals surface area contributed by atoms with E-state index in [0.717, 1.165) is 54.8 Å². The molecule has 2 atom stereocenters. The fourth-order valence-electron chi connectivity index (χ4n) is 3.99. The molecule has 5 rings (SSSR count). The molecule has 22 heavy (non-hydrogen) atoms. The molecule has 2 N–H and O–H groups in total. The molecular weight excluding hydrogens is 272 g/mol. The summed E-state index contributed by atoms with van der Waals surface area (Å²) in [6.07, 6.45) is 3.77. The third-order valence-electron chi connectivity index (χ3n) is 5.36. The molecule has 1 fully saturated rings. The Bertz CT molecular complexity index is 786. The van der Waals surface area contributed by atoms with Crippen LogP contribution in [0.1, 0.15) is 24.6 Å². The third-order valence-corrected chi connectivity index (χ3v) is 5.36. The first-order valence-corrected chi connectivity index (χ1v) is 8.03. The monoisotopic (exact) mass is 294 g/mol. The van der Waals surface area contributed by atoms with Crippen LogP contribution in [-0.2, 0) is 6.42 Å². The summed E-state index contributed by atoms with van der Waals surface area (Å²) >= 11 is 0. The number of nitrogens with zero attached hydrogens (tertiary/aromatic N) is 1. The Labute approximate surface area is 130 Å². The minimum Gasteiger partial charge on any atom is -0.381 e. The second-order valence-corrected chi connectivity index (χ2v) is 6.45. The molecule has 2 bridgehead atoms. The summed E-state index contributed by atoms with van der Waals surface area (Å²) in [6.45, 7) is 9.11. The Morgan fingerprint density at radius 2 is 2.14 bits per heavy atom. The molecule has 4 heterocycles. The number of fused-ring (bicyclic) bond motifs is 4. The lowest BCUT2D eigenvalue weighted by atomic mass is 9.79. The fraction of sp³-hybridized carbons (Fsp3) is 0.368. The highest BCUT2D eigenvalue weighted by Crippen LogP contribution is 2.42. The molecule has 1 aromatic heterocycles. The summed E-state index contributed by atoms with van der Waals surface area (Å²) in [5.74, 6) is 0. The van der Waals surface area contributed by atoms with Crippen LogP contribution in [0.4, 0.5) is 0 Å². The standard InChI is InChI=1S/C19H22N2O/c1-3-14-12-21-10-8-16-15-6-4-5-7-17(15)20-18(16)13(2)19(14,22)9-11-21/h3-7,20,22H,2,8-12H2,1H3. The van der Waals surface area contributed by atoms with Gasteiger partial charge in [0, 0.05) is 41.8 Å². The van der Waals surface area contributed by atoms with Gasteiger partial charge in [-0.15, -0.1) is 0 Å². The number of para-hydroxylation sites is 1. The van der Waals surface area contributed by atoms with Crippen LogP contribution in [0, 0.1) is 0 Å². The first-order chi connectivity index (χ1) is 10.6. The Balaban J connectivity index is 1.96. The molecule has 1 saturated heterocycles. The Morgan fingerprint density at radius 3 is 2.95 bits per heavy atom. The van der Waals surface area contributed by atoms with Gasteiger partial charge in [-0.2, -0.15) is 0 Å². The van der Waals surface area contributed by atoms with Gasteiger partial charge < -0.3 is 10.1 Å². The summed E-state index contributed by atoms with van der Waals surface area (Å²) < 4.78 is 0. The normalized spacial score (nSPS) is 30.2. The van der Waals surface area contributed by atoms with Crippen LogP contribution in [0.3, 0.4) is 0 Å². The Kier molecular flexibility index (Phi) is 3.03. The largest absolute Gasteiger partial charge is 0.381 e. The number of aromatic nitrogens is 1. The zero-order valence-electron chi connectivity index (χ0n) is 13.0. The highest BCUT2D eigenvalue weighted by Gasteiger charge is 2.41. The van der Waals surface area contributed by atoms with E-state index in [-0.39, 0.29) is 0 Å². The van der Waals surface area contributed by atoms with Crippen LogP contribution in [0.2, 0.25) is 0 Å². The van der Waals surface area contributed by atoms with Gasteiger partial charge in [0.15, 0.2) is 0 Å². The van der Waals surface area contributed by atoms with Gasteiger partial charge in [0.2, 0.25) is 0 Å². The van der Waals surface area contributed by atoms with E-state index in [2.05, 4.69) is 40.7 Å². The van der Waals surface area contributed by atoms with Crippen molar-refractivity contribution in [1.82, 2.24) is 9.88 Å². The van der Waals surface area contributed by atoms with Crippen LogP contribution in [0.5, 0.6) is 0 Å². The molecule has 3 nitrogen and oxygen atoms in total. The molecule has 0 radical (unpaired) electrons. The maximum atomic E-state index is 11.3. The fourth-order valence-corrected chi connectivity index (χ4v) is 3.99. The van der Waals surface area contributed by atoms with Gasteiger partial charge in [-0.05, 0) is 37.0 Å². The highest BCUT2D eigenvalue weighted by molar-refractivity contribution is 5.91. The number of aromatic amines is 1. The van der Waals surface area contributed by atoms with E-state index < -0.39 is 5.60 Å². The molecule has 2 aromatic rings. The number of H-pyrrole nitrogens is 1. The van der Waals surface area contributed by atoms with Crippen LogP contribution in [-0.4, -0.2) is 40.2 Å². The van der Waals surface area contributed by atoms with E-state index >= 15 is 0 Å². The van der Waals surface area contributed by atoms with Crippen molar-refractivity contribution in [3.05, 3.63) is 53.8 Å². The summed E-state index contributed by atoms with van der Waals surface area (Å²) in [7, 11) is 0. The molecule has 0 amide bonds. The van der Waals surface area contributed by atoms with E-state index in [1.165, 1.54) is 10.9 Å². The first-order valence-electron chi connectivity index (χ1n) is 8.03. The Morgan fingerprint density at radius 1 is 1.32 bits per heavy atom. The summed E-state index contributed by atoms with van der Waals surface area (Å²) in [5.41, 5.74) is 4.45. The van der Waals surface area contributed by atoms with Crippen molar-refractivity contribution >= 4 is 16.5 Å². The van der Waals surface area contributed by atoms with Crippen LogP contribution in [0.25, 0.3) is 16.5 Å². The smallest absolute Gasteiger partial charge is 0.114 e. The number of aliphatic hydroxyl groups is 1.